The third-order valence-corrected chi connectivity index (χ3v) is 3.98. The first-order chi connectivity index (χ1) is 9.24. The summed E-state index contributed by atoms with van der Waals surface area (Å²) in [4.78, 5) is 1.21. The minimum atomic E-state index is -0.157. The van der Waals surface area contributed by atoms with E-state index in [9.17, 15) is 5.11 Å². The summed E-state index contributed by atoms with van der Waals surface area (Å²) in [7, 11) is 0. The highest BCUT2D eigenvalue weighted by atomic mass is 35.5. The molecule has 4 heteroatoms. The number of benzene rings is 2. The fourth-order valence-corrected chi connectivity index (χ4v) is 2.44. The first-order valence-corrected chi connectivity index (χ1v) is 7.60. The lowest BCUT2D eigenvalue weighted by molar-refractivity contribution is 0.276. The van der Waals surface area contributed by atoms with Gasteiger partial charge in [0.05, 0.1) is 23.4 Å². The van der Waals surface area contributed by atoms with Crippen LogP contribution < -0.4 is 5.32 Å². The number of aliphatic hydroxyl groups is 1. The van der Waals surface area contributed by atoms with Gasteiger partial charge >= 0.3 is 0 Å². The van der Waals surface area contributed by atoms with Crippen LogP contribution in [0.25, 0.3) is 0 Å². The van der Waals surface area contributed by atoms with Gasteiger partial charge in [-0.3, -0.25) is 0 Å². The SMILES string of the molecule is CSc1ccc(C(CO)Nc2ccccc2Cl)cc1. The molecule has 19 heavy (non-hydrogen) atoms. The number of halogens is 1. The van der Waals surface area contributed by atoms with E-state index < -0.39 is 0 Å². The summed E-state index contributed by atoms with van der Waals surface area (Å²) in [5, 5.41) is 13.5. The lowest BCUT2D eigenvalue weighted by atomic mass is 10.1. The molecular weight excluding hydrogens is 278 g/mol. The van der Waals surface area contributed by atoms with Gasteiger partial charge in [0.25, 0.3) is 0 Å². The molecule has 2 rings (SSSR count). The number of aliphatic hydroxyl groups excluding tert-OH is 1. The summed E-state index contributed by atoms with van der Waals surface area (Å²) >= 11 is 7.81. The van der Waals surface area contributed by atoms with E-state index in [0.29, 0.717) is 5.02 Å². The van der Waals surface area contributed by atoms with Crippen LogP contribution in [0.1, 0.15) is 11.6 Å². The maximum Gasteiger partial charge on any atom is 0.0745 e. The molecule has 0 aliphatic rings. The smallest absolute Gasteiger partial charge is 0.0745 e. The van der Waals surface area contributed by atoms with Crippen molar-refractivity contribution in [1.82, 2.24) is 0 Å². The van der Waals surface area contributed by atoms with Crippen LogP contribution in [-0.2, 0) is 0 Å². The van der Waals surface area contributed by atoms with Crippen molar-refractivity contribution in [3.63, 3.8) is 0 Å². The first kappa shape index (κ1) is 14.3. The van der Waals surface area contributed by atoms with E-state index in [1.54, 1.807) is 11.8 Å². The summed E-state index contributed by atoms with van der Waals surface area (Å²) in [5.41, 5.74) is 1.87. The highest BCUT2D eigenvalue weighted by Gasteiger charge is 2.11. The molecule has 1 atom stereocenters. The Morgan fingerprint density at radius 3 is 2.42 bits per heavy atom. The van der Waals surface area contributed by atoms with Crippen molar-refractivity contribution >= 4 is 29.1 Å². The van der Waals surface area contributed by atoms with Crippen molar-refractivity contribution in [3.05, 3.63) is 59.1 Å². The molecule has 0 radical (unpaired) electrons. The molecule has 0 aliphatic carbocycles. The Morgan fingerprint density at radius 1 is 1.16 bits per heavy atom. The minimum Gasteiger partial charge on any atom is -0.394 e. The van der Waals surface area contributed by atoms with Gasteiger partial charge in [0, 0.05) is 4.90 Å². The van der Waals surface area contributed by atoms with Gasteiger partial charge in [0.15, 0.2) is 0 Å². The van der Waals surface area contributed by atoms with Crippen LogP contribution in [0.5, 0.6) is 0 Å². The highest BCUT2D eigenvalue weighted by molar-refractivity contribution is 7.98. The molecule has 0 saturated carbocycles. The molecule has 2 aromatic carbocycles. The van der Waals surface area contributed by atoms with Crippen LogP contribution in [0.15, 0.2) is 53.4 Å². The molecule has 0 aromatic heterocycles. The maximum absolute atomic E-state index is 9.55. The molecule has 0 spiro atoms. The molecule has 100 valence electrons. The summed E-state index contributed by atoms with van der Waals surface area (Å²) in [6.45, 7) is 0.0177. The second kappa shape index (κ2) is 6.85. The standard InChI is InChI=1S/C15H16ClNOS/c1-19-12-8-6-11(7-9-12)15(10-18)17-14-5-3-2-4-13(14)16/h2-9,15,17-18H,10H2,1H3. The zero-order chi connectivity index (χ0) is 13.7. The second-order valence-electron chi connectivity index (χ2n) is 4.13. The zero-order valence-corrected chi connectivity index (χ0v) is 12.2. The normalized spacial score (nSPS) is 12.2. The molecule has 2 N–H and O–H groups in total. The first-order valence-electron chi connectivity index (χ1n) is 6.00. The Hall–Kier alpha value is -1.16. The Balaban J connectivity index is 2.17. The third-order valence-electron chi connectivity index (χ3n) is 2.90. The molecule has 0 saturated heterocycles. The van der Waals surface area contributed by atoms with Crippen LogP contribution in [0.3, 0.4) is 0 Å². The van der Waals surface area contributed by atoms with E-state index in [0.717, 1.165) is 11.3 Å². The van der Waals surface area contributed by atoms with Gasteiger partial charge in [0.2, 0.25) is 0 Å². The van der Waals surface area contributed by atoms with Gasteiger partial charge in [-0.1, -0.05) is 35.9 Å². The number of nitrogens with one attached hydrogen (secondary N) is 1. The van der Waals surface area contributed by atoms with E-state index in [-0.39, 0.29) is 12.6 Å². The topological polar surface area (TPSA) is 32.3 Å². The van der Waals surface area contributed by atoms with Gasteiger partial charge in [-0.05, 0) is 36.1 Å². The Labute approximate surface area is 122 Å². The van der Waals surface area contributed by atoms with Gasteiger partial charge < -0.3 is 10.4 Å². The zero-order valence-electron chi connectivity index (χ0n) is 10.6. The van der Waals surface area contributed by atoms with E-state index in [1.807, 2.05) is 42.7 Å². The van der Waals surface area contributed by atoms with Crippen LogP contribution in [0, 0.1) is 0 Å². The lowest BCUT2D eigenvalue weighted by Crippen LogP contribution is -2.14. The highest BCUT2D eigenvalue weighted by Crippen LogP contribution is 2.26. The predicted octanol–water partition coefficient (Wildman–Crippen LogP) is 4.21. The Morgan fingerprint density at radius 2 is 1.84 bits per heavy atom. The molecule has 0 heterocycles. The molecule has 0 aliphatic heterocycles. The average molecular weight is 294 g/mol. The average Bonchev–Trinajstić information content (AvgIpc) is 2.47. The van der Waals surface area contributed by atoms with E-state index >= 15 is 0 Å². The van der Waals surface area contributed by atoms with Crippen molar-refractivity contribution in [2.75, 3.05) is 18.2 Å². The summed E-state index contributed by atoms with van der Waals surface area (Å²) in [6, 6.07) is 15.5. The molecule has 1 unspecified atom stereocenters. The van der Waals surface area contributed by atoms with Crippen LogP contribution in [-0.4, -0.2) is 18.0 Å². The van der Waals surface area contributed by atoms with Crippen LogP contribution in [0.2, 0.25) is 5.02 Å². The number of rotatable bonds is 5. The van der Waals surface area contributed by atoms with Crippen molar-refractivity contribution in [2.45, 2.75) is 10.9 Å². The van der Waals surface area contributed by atoms with Gasteiger partial charge in [0.1, 0.15) is 0 Å². The summed E-state index contributed by atoms with van der Waals surface area (Å²) in [5.74, 6) is 0. The number of para-hydroxylation sites is 1. The number of hydrogen-bond acceptors (Lipinski definition) is 3. The maximum atomic E-state index is 9.55. The molecule has 0 bridgehead atoms. The van der Waals surface area contributed by atoms with Crippen molar-refractivity contribution in [3.8, 4) is 0 Å². The van der Waals surface area contributed by atoms with Crippen molar-refractivity contribution in [1.29, 1.82) is 0 Å². The fraction of sp³-hybridized carbons (Fsp3) is 0.200. The molecule has 2 nitrogen and oxygen atoms in total. The minimum absolute atomic E-state index is 0.0177. The summed E-state index contributed by atoms with van der Waals surface area (Å²) in [6.07, 6.45) is 2.04. The molecule has 0 fully saturated rings. The Kier molecular flexibility index (Phi) is 5.14. The van der Waals surface area contributed by atoms with Crippen LogP contribution >= 0.6 is 23.4 Å². The second-order valence-corrected chi connectivity index (χ2v) is 5.42. The van der Waals surface area contributed by atoms with E-state index in [4.69, 9.17) is 11.6 Å². The third kappa shape index (κ3) is 3.66. The quantitative estimate of drug-likeness (QED) is 0.810. The van der Waals surface area contributed by atoms with Crippen molar-refractivity contribution in [2.24, 2.45) is 0 Å². The largest absolute Gasteiger partial charge is 0.394 e. The van der Waals surface area contributed by atoms with Gasteiger partial charge in [-0.15, -0.1) is 11.8 Å². The van der Waals surface area contributed by atoms with E-state index in [1.165, 1.54) is 4.90 Å². The number of hydrogen-bond donors (Lipinski definition) is 2. The predicted molar refractivity (Wildman–Crippen MR) is 83.1 cm³/mol. The molecule has 2 aromatic rings. The van der Waals surface area contributed by atoms with Crippen LogP contribution in [0.4, 0.5) is 5.69 Å². The Bertz CT molecular complexity index is 530. The lowest BCUT2D eigenvalue weighted by Gasteiger charge is -2.19. The fourth-order valence-electron chi connectivity index (χ4n) is 1.84. The molecular formula is C15H16ClNOS. The van der Waals surface area contributed by atoms with Crippen molar-refractivity contribution < 1.29 is 5.11 Å². The number of thioether (sulfide) groups is 1. The van der Waals surface area contributed by atoms with Gasteiger partial charge in [-0.25, -0.2) is 0 Å². The monoisotopic (exact) mass is 293 g/mol. The number of anilines is 1. The summed E-state index contributed by atoms with van der Waals surface area (Å²) < 4.78 is 0. The van der Waals surface area contributed by atoms with Gasteiger partial charge in [-0.2, -0.15) is 0 Å². The van der Waals surface area contributed by atoms with E-state index in [2.05, 4.69) is 17.4 Å². The molecule has 0 amide bonds.